The van der Waals surface area contributed by atoms with Gasteiger partial charge in [0, 0.05) is 12.2 Å². The second-order valence-electron chi connectivity index (χ2n) is 5.32. The zero-order chi connectivity index (χ0) is 17.5. The largest absolute Gasteiger partial charge is 0.347 e. The molecule has 1 heterocycles. The highest BCUT2D eigenvalue weighted by Crippen LogP contribution is 2.21. The fraction of sp³-hybridized carbons (Fsp3) is 0.211. The summed E-state index contributed by atoms with van der Waals surface area (Å²) in [5.74, 6) is -0.674. The van der Waals surface area contributed by atoms with Crippen molar-refractivity contribution in [2.45, 2.75) is 20.3 Å². The van der Waals surface area contributed by atoms with Crippen LogP contribution in [0.3, 0.4) is 0 Å². The zero-order valence-electron chi connectivity index (χ0n) is 13.9. The van der Waals surface area contributed by atoms with E-state index in [2.05, 4.69) is 22.2 Å². The highest BCUT2D eigenvalue weighted by atomic mass is 16.2. The average molecular weight is 323 g/mol. The number of aryl methyl sites for hydroxylation is 2. The van der Waals surface area contributed by atoms with Crippen molar-refractivity contribution < 1.29 is 9.59 Å². The first-order valence-electron chi connectivity index (χ1n) is 7.82. The van der Waals surface area contributed by atoms with E-state index in [9.17, 15) is 9.59 Å². The lowest BCUT2D eigenvalue weighted by Gasteiger charge is -2.13. The Morgan fingerprint density at radius 2 is 1.79 bits per heavy atom. The number of hydrogen-bond donors (Lipinski definition) is 2. The summed E-state index contributed by atoms with van der Waals surface area (Å²) < 4.78 is 0. The van der Waals surface area contributed by atoms with E-state index in [0.29, 0.717) is 6.54 Å². The van der Waals surface area contributed by atoms with Crippen molar-refractivity contribution in [1.82, 2.24) is 10.3 Å². The number of rotatable bonds is 6. The highest BCUT2D eigenvalue weighted by molar-refractivity contribution is 6.04. The minimum Gasteiger partial charge on any atom is -0.347 e. The number of aromatic nitrogens is 1. The Morgan fingerprint density at radius 3 is 2.46 bits per heavy atom. The number of nitrogens with zero attached hydrogens (tertiary/aromatic N) is 1. The van der Waals surface area contributed by atoms with E-state index in [0.717, 1.165) is 23.2 Å². The third kappa shape index (κ3) is 4.07. The fourth-order valence-electron chi connectivity index (χ4n) is 2.32. The van der Waals surface area contributed by atoms with Crippen LogP contribution in [0.2, 0.25) is 0 Å². The molecule has 1 aromatic carbocycles. The molecule has 1 aromatic heterocycles. The first kappa shape index (κ1) is 17.4. The molecule has 2 amide bonds. The predicted octanol–water partition coefficient (Wildman–Crippen LogP) is 3.12. The van der Waals surface area contributed by atoms with Crippen molar-refractivity contribution in [3.63, 3.8) is 0 Å². The number of hydrogen-bond acceptors (Lipinski definition) is 3. The third-order valence-corrected chi connectivity index (χ3v) is 3.60. The Morgan fingerprint density at radius 1 is 1.12 bits per heavy atom. The number of pyridine rings is 1. The number of carbonyl (C=O) groups excluding carboxylic acids is 2. The maximum absolute atomic E-state index is 12.5. The molecule has 0 bridgehead atoms. The molecule has 0 aliphatic heterocycles. The van der Waals surface area contributed by atoms with E-state index >= 15 is 0 Å². The zero-order valence-corrected chi connectivity index (χ0v) is 13.9. The van der Waals surface area contributed by atoms with Crippen molar-refractivity contribution in [2.24, 2.45) is 0 Å². The van der Waals surface area contributed by atoms with Gasteiger partial charge in [0.25, 0.3) is 11.8 Å². The summed E-state index contributed by atoms with van der Waals surface area (Å²) in [6.45, 7) is 7.87. The van der Waals surface area contributed by atoms with Gasteiger partial charge in [0.15, 0.2) is 0 Å². The van der Waals surface area contributed by atoms with Gasteiger partial charge in [0.1, 0.15) is 11.4 Å². The Balaban J connectivity index is 2.22. The molecule has 5 heteroatoms. The van der Waals surface area contributed by atoms with Crippen LogP contribution < -0.4 is 10.6 Å². The van der Waals surface area contributed by atoms with Crippen molar-refractivity contribution in [3.8, 4) is 0 Å². The third-order valence-electron chi connectivity index (χ3n) is 3.60. The molecule has 0 saturated heterocycles. The summed E-state index contributed by atoms with van der Waals surface area (Å²) in [4.78, 5) is 28.6. The minimum absolute atomic E-state index is 0.199. The van der Waals surface area contributed by atoms with Gasteiger partial charge in [-0.15, -0.1) is 6.58 Å². The number of para-hydroxylation sites is 1. The number of benzene rings is 1. The molecule has 2 aromatic rings. The van der Waals surface area contributed by atoms with Crippen molar-refractivity contribution in [2.75, 3.05) is 11.9 Å². The molecule has 2 N–H and O–H groups in total. The molecule has 0 spiro atoms. The number of anilines is 1. The number of carbonyl (C=O) groups is 2. The Labute approximate surface area is 141 Å². The van der Waals surface area contributed by atoms with E-state index in [1.165, 1.54) is 0 Å². The lowest BCUT2D eigenvalue weighted by molar-refractivity contribution is 0.0953. The maximum Gasteiger partial charge on any atom is 0.274 e. The molecule has 0 saturated carbocycles. The second kappa shape index (κ2) is 8.06. The lowest BCUT2D eigenvalue weighted by atomic mass is 10.1. The van der Waals surface area contributed by atoms with Crippen LogP contribution in [-0.2, 0) is 6.42 Å². The van der Waals surface area contributed by atoms with E-state index < -0.39 is 0 Å². The van der Waals surface area contributed by atoms with Gasteiger partial charge in [0.2, 0.25) is 0 Å². The van der Waals surface area contributed by atoms with Gasteiger partial charge in [-0.3, -0.25) is 9.59 Å². The van der Waals surface area contributed by atoms with Crippen molar-refractivity contribution >= 4 is 17.5 Å². The summed E-state index contributed by atoms with van der Waals surface area (Å²) in [5.41, 5.74) is 3.25. The minimum atomic E-state index is -0.338. The number of amides is 2. The average Bonchev–Trinajstić information content (AvgIpc) is 2.61. The summed E-state index contributed by atoms with van der Waals surface area (Å²) in [6, 6.07) is 10.7. The van der Waals surface area contributed by atoms with Crippen LogP contribution in [0, 0.1) is 6.92 Å². The molecule has 5 nitrogen and oxygen atoms in total. The molecule has 24 heavy (non-hydrogen) atoms. The Kier molecular flexibility index (Phi) is 5.84. The molecule has 0 aliphatic rings. The van der Waals surface area contributed by atoms with E-state index in [1.807, 2.05) is 32.0 Å². The molecule has 0 radical (unpaired) electrons. The first-order chi connectivity index (χ1) is 11.6. The smallest absolute Gasteiger partial charge is 0.274 e. The summed E-state index contributed by atoms with van der Waals surface area (Å²) in [7, 11) is 0. The van der Waals surface area contributed by atoms with Crippen LogP contribution in [0.1, 0.15) is 39.0 Å². The van der Waals surface area contributed by atoms with Gasteiger partial charge in [-0.25, -0.2) is 4.98 Å². The van der Waals surface area contributed by atoms with Crippen molar-refractivity contribution in [1.29, 1.82) is 0 Å². The fourth-order valence-corrected chi connectivity index (χ4v) is 2.32. The van der Waals surface area contributed by atoms with Crippen LogP contribution in [0.15, 0.2) is 49.1 Å². The second-order valence-corrected chi connectivity index (χ2v) is 5.32. The Bertz CT molecular complexity index is 769. The standard InChI is InChI=1S/C19H21N3O2/c1-4-12-20-18(23)15-10-7-11-16(21-15)19(24)22-17-13(3)8-6-9-14(17)5-2/h4,6-11H,1,5,12H2,2-3H3,(H,20,23)(H,22,24). The van der Waals surface area contributed by atoms with Crippen LogP contribution in [0.5, 0.6) is 0 Å². The molecule has 0 fully saturated rings. The Hall–Kier alpha value is -2.95. The molecule has 0 atom stereocenters. The normalized spacial score (nSPS) is 10.1. The summed E-state index contributed by atoms with van der Waals surface area (Å²) in [6.07, 6.45) is 2.40. The highest BCUT2D eigenvalue weighted by Gasteiger charge is 2.14. The summed E-state index contributed by atoms with van der Waals surface area (Å²) >= 11 is 0. The quantitative estimate of drug-likeness (QED) is 0.802. The molecule has 2 rings (SSSR count). The van der Waals surface area contributed by atoms with E-state index in [1.54, 1.807) is 24.3 Å². The van der Waals surface area contributed by atoms with Crippen LogP contribution in [-0.4, -0.2) is 23.3 Å². The van der Waals surface area contributed by atoms with E-state index in [-0.39, 0.29) is 23.2 Å². The van der Waals surface area contributed by atoms with Crippen molar-refractivity contribution in [3.05, 3.63) is 71.6 Å². The first-order valence-corrected chi connectivity index (χ1v) is 7.82. The molecule has 0 unspecified atom stereocenters. The lowest BCUT2D eigenvalue weighted by Crippen LogP contribution is -2.25. The molecule has 0 aliphatic carbocycles. The topological polar surface area (TPSA) is 71.1 Å². The molecular weight excluding hydrogens is 302 g/mol. The number of nitrogens with one attached hydrogen (secondary N) is 2. The maximum atomic E-state index is 12.5. The van der Waals surface area contributed by atoms with Crippen LogP contribution >= 0.6 is 0 Å². The summed E-state index contributed by atoms with van der Waals surface area (Å²) in [5, 5.41) is 5.55. The van der Waals surface area contributed by atoms with Crippen LogP contribution in [0.4, 0.5) is 5.69 Å². The van der Waals surface area contributed by atoms with Gasteiger partial charge in [0.05, 0.1) is 0 Å². The SMILES string of the molecule is C=CCNC(=O)c1cccc(C(=O)Nc2c(C)cccc2CC)n1. The van der Waals surface area contributed by atoms with Crippen LogP contribution in [0.25, 0.3) is 0 Å². The predicted molar refractivity (Wildman–Crippen MR) is 95.3 cm³/mol. The van der Waals surface area contributed by atoms with Gasteiger partial charge in [-0.05, 0) is 36.6 Å². The van der Waals surface area contributed by atoms with E-state index in [4.69, 9.17) is 0 Å². The monoisotopic (exact) mass is 323 g/mol. The van der Waals surface area contributed by atoms with Gasteiger partial charge in [-0.1, -0.05) is 37.3 Å². The van der Waals surface area contributed by atoms with Gasteiger partial charge >= 0.3 is 0 Å². The molecule has 124 valence electrons. The van der Waals surface area contributed by atoms with Gasteiger partial charge in [-0.2, -0.15) is 0 Å². The van der Waals surface area contributed by atoms with Gasteiger partial charge < -0.3 is 10.6 Å². The molecular formula is C19H21N3O2.